The Kier molecular flexibility index (Phi) is 7.41. The molecule has 0 saturated carbocycles. The van der Waals surface area contributed by atoms with E-state index < -0.39 is 0 Å². The van der Waals surface area contributed by atoms with E-state index in [-0.39, 0.29) is 5.97 Å². The molecular formula is C18H24O2. The molecule has 0 heterocycles. The van der Waals surface area contributed by atoms with Gasteiger partial charge in [-0.15, -0.1) is 6.58 Å². The molecule has 2 heteroatoms. The topological polar surface area (TPSA) is 26.3 Å². The molecular weight excluding hydrogens is 248 g/mol. The minimum absolute atomic E-state index is 0.172. The van der Waals surface area contributed by atoms with Gasteiger partial charge >= 0.3 is 5.97 Å². The maximum atomic E-state index is 11.7. The quantitative estimate of drug-likeness (QED) is 0.396. The summed E-state index contributed by atoms with van der Waals surface area (Å²) in [5, 5.41) is 0. The second-order valence-electron chi connectivity index (χ2n) is 5.06. The Balaban J connectivity index is 2.36. The Labute approximate surface area is 122 Å². The number of unbranched alkanes of at least 4 members (excludes halogenated alkanes) is 1. The minimum Gasteiger partial charge on any atom is -0.461 e. The van der Waals surface area contributed by atoms with Crippen LogP contribution in [0.3, 0.4) is 0 Å². The second-order valence-corrected chi connectivity index (χ2v) is 5.06. The lowest BCUT2D eigenvalue weighted by Crippen LogP contribution is -2.10. The largest absolute Gasteiger partial charge is 0.461 e. The maximum Gasteiger partial charge on any atom is 0.310 e. The number of esters is 1. The molecule has 20 heavy (non-hydrogen) atoms. The monoisotopic (exact) mass is 272 g/mol. The van der Waals surface area contributed by atoms with Gasteiger partial charge in [-0.3, -0.25) is 4.79 Å². The molecule has 1 rings (SSSR count). The highest BCUT2D eigenvalue weighted by molar-refractivity contribution is 5.72. The number of benzene rings is 1. The normalized spacial score (nSPS) is 11.7. The van der Waals surface area contributed by atoms with Gasteiger partial charge in [0.1, 0.15) is 6.61 Å². The summed E-state index contributed by atoms with van der Waals surface area (Å²) in [6.07, 6.45) is 5.43. The van der Waals surface area contributed by atoms with Crippen molar-refractivity contribution in [2.24, 2.45) is 0 Å². The lowest BCUT2D eigenvalue weighted by atomic mass is 10.1. The van der Waals surface area contributed by atoms with Crippen molar-refractivity contribution < 1.29 is 9.53 Å². The minimum atomic E-state index is -0.172. The molecule has 0 spiro atoms. The molecule has 0 fully saturated rings. The van der Waals surface area contributed by atoms with Crippen LogP contribution in [0.5, 0.6) is 0 Å². The molecule has 0 bridgehead atoms. The summed E-state index contributed by atoms with van der Waals surface area (Å²) in [5.41, 5.74) is 3.44. The van der Waals surface area contributed by atoms with Crippen molar-refractivity contribution in [1.82, 2.24) is 0 Å². The summed E-state index contributed by atoms with van der Waals surface area (Å²) in [4.78, 5) is 11.7. The van der Waals surface area contributed by atoms with Crippen LogP contribution in [0.15, 0.2) is 54.1 Å². The van der Waals surface area contributed by atoms with E-state index in [1.165, 1.54) is 5.57 Å². The fraction of sp³-hybridized carbons (Fsp3) is 0.389. The molecule has 0 amide bonds. The first kappa shape index (κ1) is 16.2. The van der Waals surface area contributed by atoms with Gasteiger partial charge in [0.05, 0.1) is 6.42 Å². The molecule has 108 valence electrons. The summed E-state index contributed by atoms with van der Waals surface area (Å²) in [7, 11) is 0. The standard InChI is InChI=1S/C18H24O2/c1-4-5-7-10-15(2)16(3)14-20-18(19)13-17-11-8-6-9-12-17/h4,6,8-9,11-12H,1,5,7,10,13-14H2,2-3H3/b16-15+. The molecule has 0 unspecified atom stereocenters. The van der Waals surface area contributed by atoms with Crippen molar-refractivity contribution in [2.75, 3.05) is 6.61 Å². The zero-order chi connectivity index (χ0) is 14.8. The third kappa shape index (κ3) is 6.37. The lowest BCUT2D eigenvalue weighted by Gasteiger charge is -2.09. The molecule has 0 aliphatic carbocycles. The predicted molar refractivity (Wildman–Crippen MR) is 83.5 cm³/mol. The molecule has 0 aliphatic rings. The van der Waals surface area contributed by atoms with Crippen LogP contribution in [0.2, 0.25) is 0 Å². The van der Waals surface area contributed by atoms with Gasteiger partial charge in [0.2, 0.25) is 0 Å². The fourth-order valence-corrected chi connectivity index (χ4v) is 1.85. The fourth-order valence-electron chi connectivity index (χ4n) is 1.85. The van der Waals surface area contributed by atoms with Crippen LogP contribution in [0.1, 0.15) is 38.7 Å². The average Bonchev–Trinajstić information content (AvgIpc) is 2.46. The smallest absolute Gasteiger partial charge is 0.310 e. The van der Waals surface area contributed by atoms with E-state index in [2.05, 4.69) is 13.5 Å². The predicted octanol–water partition coefficient (Wildman–Crippen LogP) is 4.47. The first-order valence-corrected chi connectivity index (χ1v) is 7.09. The van der Waals surface area contributed by atoms with Crippen LogP contribution in [-0.2, 0) is 16.0 Å². The van der Waals surface area contributed by atoms with Crippen LogP contribution in [-0.4, -0.2) is 12.6 Å². The van der Waals surface area contributed by atoms with E-state index in [4.69, 9.17) is 4.74 Å². The Morgan fingerprint density at radius 3 is 2.55 bits per heavy atom. The van der Waals surface area contributed by atoms with Gasteiger partial charge < -0.3 is 4.74 Å². The van der Waals surface area contributed by atoms with Crippen LogP contribution in [0, 0.1) is 0 Å². The highest BCUT2D eigenvalue weighted by atomic mass is 16.5. The van der Waals surface area contributed by atoms with Gasteiger partial charge in [-0.25, -0.2) is 0 Å². The van der Waals surface area contributed by atoms with Crippen LogP contribution < -0.4 is 0 Å². The summed E-state index contributed by atoms with van der Waals surface area (Å²) in [6, 6.07) is 9.67. The van der Waals surface area contributed by atoms with E-state index in [0.29, 0.717) is 13.0 Å². The number of allylic oxidation sites excluding steroid dienone is 2. The number of rotatable bonds is 8. The van der Waals surface area contributed by atoms with Crippen molar-refractivity contribution >= 4 is 5.97 Å². The molecule has 2 nitrogen and oxygen atoms in total. The zero-order valence-corrected chi connectivity index (χ0v) is 12.5. The summed E-state index contributed by atoms with van der Waals surface area (Å²) < 4.78 is 5.32. The first-order chi connectivity index (χ1) is 9.63. The van der Waals surface area contributed by atoms with Gasteiger partial charge in [-0.1, -0.05) is 42.0 Å². The van der Waals surface area contributed by atoms with Crippen molar-refractivity contribution in [2.45, 2.75) is 39.5 Å². The van der Waals surface area contributed by atoms with Crippen molar-refractivity contribution in [3.63, 3.8) is 0 Å². The molecule has 0 radical (unpaired) electrons. The number of ether oxygens (including phenoxy) is 1. The highest BCUT2D eigenvalue weighted by Gasteiger charge is 2.05. The van der Waals surface area contributed by atoms with E-state index in [1.807, 2.05) is 43.3 Å². The average molecular weight is 272 g/mol. The van der Waals surface area contributed by atoms with Gasteiger partial charge in [-0.05, 0) is 44.2 Å². The van der Waals surface area contributed by atoms with E-state index in [9.17, 15) is 4.79 Å². The summed E-state index contributed by atoms with van der Waals surface area (Å²) >= 11 is 0. The van der Waals surface area contributed by atoms with Crippen molar-refractivity contribution in [3.05, 3.63) is 59.7 Å². The SMILES string of the molecule is C=CCCC/C(C)=C(\C)COC(=O)Cc1ccccc1. The number of hydrogen-bond donors (Lipinski definition) is 0. The third-order valence-electron chi connectivity index (χ3n) is 3.33. The Hall–Kier alpha value is -1.83. The molecule has 0 aromatic heterocycles. The van der Waals surface area contributed by atoms with E-state index in [0.717, 1.165) is 30.4 Å². The number of carbonyl (C=O) groups is 1. The van der Waals surface area contributed by atoms with Crippen LogP contribution >= 0.6 is 0 Å². The molecule has 0 atom stereocenters. The number of carbonyl (C=O) groups excluding carboxylic acids is 1. The van der Waals surface area contributed by atoms with E-state index in [1.54, 1.807) is 0 Å². The van der Waals surface area contributed by atoms with Gasteiger partial charge in [0.15, 0.2) is 0 Å². The molecule has 0 N–H and O–H groups in total. The molecule has 1 aromatic carbocycles. The summed E-state index contributed by atoms with van der Waals surface area (Å²) in [5.74, 6) is -0.172. The molecule has 1 aromatic rings. The Morgan fingerprint density at radius 2 is 1.90 bits per heavy atom. The van der Waals surface area contributed by atoms with E-state index >= 15 is 0 Å². The van der Waals surface area contributed by atoms with Gasteiger partial charge in [0, 0.05) is 0 Å². The first-order valence-electron chi connectivity index (χ1n) is 7.09. The summed E-state index contributed by atoms with van der Waals surface area (Å²) in [6.45, 7) is 8.24. The lowest BCUT2D eigenvalue weighted by molar-refractivity contribution is -0.141. The maximum absolute atomic E-state index is 11.7. The van der Waals surface area contributed by atoms with Crippen LogP contribution in [0.4, 0.5) is 0 Å². The Bertz CT molecular complexity index is 458. The van der Waals surface area contributed by atoms with Crippen molar-refractivity contribution in [1.29, 1.82) is 0 Å². The zero-order valence-electron chi connectivity index (χ0n) is 12.5. The Morgan fingerprint density at radius 1 is 1.20 bits per heavy atom. The number of hydrogen-bond acceptors (Lipinski definition) is 2. The van der Waals surface area contributed by atoms with Crippen molar-refractivity contribution in [3.8, 4) is 0 Å². The van der Waals surface area contributed by atoms with Gasteiger partial charge in [0.25, 0.3) is 0 Å². The second kappa shape index (κ2) is 9.13. The highest BCUT2D eigenvalue weighted by Crippen LogP contribution is 2.12. The van der Waals surface area contributed by atoms with Gasteiger partial charge in [-0.2, -0.15) is 0 Å². The van der Waals surface area contributed by atoms with Crippen LogP contribution in [0.25, 0.3) is 0 Å². The molecule has 0 aliphatic heterocycles. The molecule has 0 saturated heterocycles. The third-order valence-corrected chi connectivity index (χ3v) is 3.33.